The zero-order valence-corrected chi connectivity index (χ0v) is 13.7. The van der Waals surface area contributed by atoms with Crippen LogP contribution in [-0.2, 0) is 13.1 Å². The number of hydrogen-bond acceptors (Lipinski definition) is 4. The highest BCUT2D eigenvalue weighted by Crippen LogP contribution is 2.21. The number of aliphatic imine (C=N–C) groups is 1. The Morgan fingerprint density at radius 2 is 2.05 bits per heavy atom. The minimum absolute atomic E-state index is 0.855. The lowest BCUT2D eigenvalue weighted by Crippen LogP contribution is -2.30. The molecule has 114 valence electrons. The predicted octanol–water partition coefficient (Wildman–Crippen LogP) is 3.89. The van der Waals surface area contributed by atoms with E-state index in [0.29, 0.717) is 0 Å². The zero-order valence-electron chi connectivity index (χ0n) is 12.9. The summed E-state index contributed by atoms with van der Waals surface area (Å²) in [5, 5.41) is 1.17. The van der Waals surface area contributed by atoms with E-state index in [9.17, 15) is 0 Å². The molecule has 1 aliphatic rings. The lowest BCUT2D eigenvalue weighted by molar-refractivity contribution is 0.411. The van der Waals surface area contributed by atoms with Gasteiger partial charge in [-0.1, -0.05) is 42.1 Å². The molecular formula is C18H21N3S. The molecule has 4 heteroatoms. The average molecular weight is 311 g/mol. The maximum Gasteiger partial charge on any atom is 0.159 e. The molecule has 0 amide bonds. The van der Waals surface area contributed by atoms with Crippen molar-refractivity contribution in [3.8, 4) is 0 Å². The van der Waals surface area contributed by atoms with Crippen molar-refractivity contribution in [2.24, 2.45) is 4.99 Å². The molecule has 0 radical (unpaired) electrons. The number of hydrogen-bond donors (Lipinski definition) is 0. The summed E-state index contributed by atoms with van der Waals surface area (Å²) in [5.74, 6) is 1.16. The molecule has 2 aromatic rings. The van der Waals surface area contributed by atoms with Crippen molar-refractivity contribution in [2.45, 2.75) is 26.4 Å². The fourth-order valence-electron chi connectivity index (χ4n) is 2.54. The van der Waals surface area contributed by atoms with Gasteiger partial charge in [-0.2, -0.15) is 0 Å². The Hall–Kier alpha value is -1.81. The van der Waals surface area contributed by atoms with Crippen molar-refractivity contribution in [3.05, 3.63) is 65.5 Å². The van der Waals surface area contributed by atoms with E-state index in [1.54, 1.807) is 0 Å². The lowest BCUT2D eigenvalue weighted by atomic mass is 10.1. The van der Waals surface area contributed by atoms with E-state index in [1.165, 1.54) is 28.3 Å². The zero-order chi connectivity index (χ0) is 15.2. The van der Waals surface area contributed by atoms with Gasteiger partial charge in [0.25, 0.3) is 0 Å². The Balaban J connectivity index is 1.82. The van der Waals surface area contributed by atoms with Gasteiger partial charge in [-0.05, 0) is 36.1 Å². The molecule has 0 saturated carbocycles. The fraction of sp³-hybridized carbons (Fsp3) is 0.333. The van der Waals surface area contributed by atoms with Crippen LogP contribution in [0.15, 0.2) is 53.8 Å². The molecule has 0 bridgehead atoms. The Morgan fingerprint density at radius 1 is 1.14 bits per heavy atom. The normalized spacial score (nSPS) is 14.5. The molecule has 1 aliphatic heterocycles. The van der Waals surface area contributed by atoms with Crippen LogP contribution in [0.4, 0.5) is 0 Å². The summed E-state index contributed by atoms with van der Waals surface area (Å²) in [6.45, 7) is 4.87. The highest BCUT2D eigenvalue weighted by atomic mass is 32.2. The van der Waals surface area contributed by atoms with Gasteiger partial charge in [0.05, 0.1) is 0 Å². The van der Waals surface area contributed by atoms with E-state index >= 15 is 0 Å². The predicted molar refractivity (Wildman–Crippen MR) is 94.0 cm³/mol. The minimum Gasteiger partial charge on any atom is -0.343 e. The van der Waals surface area contributed by atoms with Crippen molar-refractivity contribution in [3.63, 3.8) is 0 Å². The van der Waals surface area contributed by atoms with Crippen LogP contribution in [0.3, 0.4) is 0 Å². The first kappa shape index (κ1) is 15.1. The maximum absolute atomic E-state index is 4.74. The molecule has 22 heavy (non-hydrogen) atoms. The molecule has 0 spiro atoms. The Bertz CT molecular complexity index is 640. The molecule has 1 aromatic carbocycles. The van der Waals surface area contributed by atoms with Crippen LogP contribution in [0.5, 0.6) is 0 Å². The smallest absolute Gasteiger partial charge is 0.159 e. The number of aryl methyl sites for hydroxylation is 1. The van der Waals surface area contributed by atoms with Crippen LogP contribution >= 0.6 is 11.8 Å². The van der Waals surface area contributed by atoms with Gasteiger partial charge in [-0.3, -0.25) is 9.98 Å². The highest BCUT2D eigenvalue weighted by Gasteiger charge is 2.16. The monoisotopic (exact) mass is 311 g/mol. The van der Waals surface area contributed by atoms with Gasteiger partial charge in [-0.25, -0.2) is 0 Å². The van der Waals surface area contributed by atoms with Crippen LogP contribution in [0, 0.1) is 6.92 Å². The molecular weight excluding hydrogens is 290 g/mol. The summed E-state index contributed by atoms with van der Waals surface area (Å²) in [4.78, 5) is 11.3. The summed E-state index contributed by atoms with van der Waals surface area (Å²) in [6.07, 6.45) is 4.94. The van der Waals surface area contributed by atoms with Crippen molar-refractivity contribution in [1.29, 1.82) is 0 Å². The standard InChI is InChI=1S/C18H21N3S/c1-15-6-2-3-8-17(15)14-21(18-20-10-5-11-22-18)13-16-7-4-9-19-12-16/h2-4,6-9,12H,5,10-11,13-14H2,1H3. The number of benzene rings is 1. The quantitative estimate of drug-likeness (QED) is 0.858. The summed E-state index contributed by atoms with van der Waals surface area (Å²) in [7, 11) is 0. The topological polar surface area (TPSA) is 28.5 Å². The number of nitrogens with zero attached hydrogens (tertiary/aromatic N) is 3. The molecule has 0 saturated heterocycles. The van der Waals surface area contributed by atoms with Gasteiger partial charge < -0.3 is 4.90 Å². The number of aromatic nitrogens is 1. The molecule has 3 nitrogen and oxygen atoms in total. The number of amidine groups is 1. The van der Waals surface area contributed by atoms with Crippen LogP contribution in [-0.4, -0.2) is 27.3 Å². The molecule has 0 fully saturated rings. The number of rotatable bonds is 4. The molecule has 0 unspecified atom stereocenters. The van der Waals surface area contributed by atoms with Gasteiger partial charge in [0.2, 0.25) is 0 Å². The van der Waals surface area contributed by atoms with E-state index in [1.807, 2.05) is 30.2 Å². The van der Waals surface area contributed by atoms with E-state index in [0.717, 1.165) is 25.4 Å². The van der Waals surface area contributed by atoms with Gasteiger partial charge >= 0.3 is 0 Å². The third kappa shape index (κ3) is 3.89. The second kappa shape index (κ2) is 7.45. The molecule has 1 aromatic heterocycles. The Labute approximate surface area is 136 Å². The summed E-state index contributed by atoms with van der Waals surface area (Å²) in [5.41, 5.74) is 3.92. The second-order valence-electron chi connectivity index (χ2n) is 5.51. The van der Waals surface area contributed by atoms with Crippen LogP contribution in [0.2, 0.25) is 0 Å². The maximum atomic E-state index is 4.74. The van der Waals surface area contributed by atoms with Crippen molar-refractivity contribution >= 4 is 16.9 Å². The molecule has 2 heterocycles. The van der Waals surface area contributed by atoms with E-state index in [-0.39, 0.29) is 0 Å². The lowest BCUT2D eigenvalue weighted by Gasteiger charge is -2.28. The molecule has 0 N–H and O–H groups in total. The SMILES string of the molecule is Cc1ccccc1CN(Cc1cccnc1)C1=NCCCS1. The van der Waals surface area contributed by atoms with Crippen LogP contribution < -0.4 is 0 Å². The van der Waals surface area contributed by atoms with Gasteiger partial charge in [0.15, 0.2) is 5.17 Å². The van der Waals surface area contributed by atoms with Gasteiger partial charge in [0.1, 0.15) is 0 Å². The number of pyridine rings is 1. The molecule has 3 rings (SSSR count). The third-order valence-electron chi connectivity index (χ3n) is 3.77. The number of thioether (sulfide) groups is 1. The minimum atomic E-state index is 0.855. The molecule has 0 aliphatic carbocycles. The van der Waals surface area contributed by atoms with Crippen molar-refractivity contribution < 1.29 is 0 Å². The van der Waals surface area contributed by atoms with Gasteiger partial charge in [0, 0.05) is 37.8 Å². The Morgan fingerprint density at radius 3 is 2.77 bits per heavy atom. The van der Waals surface area contributed by atoms with Crippen molar-refractivity contribution in [1.82, 2.24) is 9.88 Å². The van der Waals surface area contributed by atoms with E-state index < -0.39 is 0 Å². The van der Waals surface area contributed by atoms with Crippen LogP contribution in [0.1, 0.15) is 23.1 Å². The first-order valence-corrected chi connectivity index (χ1v) is 8.67. The van der Waals surface area contributed by atoms with E-state index in [2.05, 4.69) is 47.1 Å². The Kier molecular flexibility index (Phi) is 5.11. The third-order valence-corrected chi connectivity index (χ3v) is 4.91. The summed E-state index contributed by atoms with van der Waals surface area (Å²) < 4.78 is 0. The first-order valence-electron chi connectivity index (χ1n) is 7.68. The van der Waals surface area contributed by atoms with Crippen LogP contribution in [0.25, 0.3) is 0 Å². The summed E-state index contributed by atoms with van der Waals surface area (Å²) in [6, 6.07) is 12.7. The average Bonchev–Trinajstić information content (AvgIpc) is 2.58. The highest BCUT2D eigenvalue weighted by molar-refractivity contribution is 8.13. The fourth-order valence-corrected chi connectivity index (χ4v) is 3.49. The van der Waals surface area contributed by atoms with Gasteiger partial charge in [-0.15, -0.1) is 0 Å². The van der Waals surface area contributed by atoms with Crippen molar-refractivity contribution in [2.75, 3.05) is 12.3 Å². The molecule has 0 atom stereocenters. The van der Waals surface area contributed by atoms with E-state index in [4.69, 9.17) is 4.99 Å². The largest absolute Gasteiger partial charge is 0.343 e. The summed E-state index contributed by atoms with van der Waals surface area (Å²) >= 11 is 1.87. The first-order chi connectivity index (χ1) is 10.8. The second-order valence-corrected chi connectivity index (χ2v) is 6.57.